The first-order chi connectivity index (χ1) is 12.6. The molecule has 10 heteroatoms. The van der Waals surface area contributed by atoms with Crippen LogP contribution in [0, 0.1) is 11.6 Å². The summed E-state index contributed by atoms with van der Waals surface area (Å²) in [6.07, 6.45) is -3.69. The third kappa shape index (κ3) is 3.95. The third-order valence-electron chi connectivity index (χ3n) is 3.67. The van der Waals surface area contributed by atoms with E-state index in [9.17, 15) is 30.4 Å². The normalized spacial score (nSPS) is 12.2. The van der Waals surface area contributed by atoms with Crippen LogP contribution in [0.15, 0.2) is 59.6 Å². The first-order valence-electron chi connectivity index (χ1n) is 7.41. The van der Waals surface area contributed by atoms with Gasteiger partial charge in [0.25, 0.3) is 10.0 Å². The van der Waals surface area contributed by atoms with E-state index in [2.05, 4.69) is 4.98 Å². The molecule has 142 valence electrons. The van der Waals surface area contributed by atoms with E-state index in [1.54, 1.807) is 6.07 Å². The molecule has 0 aliphatic carbocycles. The Morgan fingerprint density at radius 2 is 1.63 bits per heavy atom. The smallest absolute Gasteiger partial charge is 0.360 e. The Kier molecular flexibility index (Phi) is 4.68. The van der Waals surface area contributed by atoms with Crippen LogP contribution < -0.4 is 4.72 Å². The summed E-state index contributed by atoms with van der Waals surface area (Å²) in [5, 5.41) is 0. The van der Waals surface area contributed by atoms with Crippen LogP contribution in [0.25, 0.3) is 11.3 Å². The van der Waals surface area contributed by atoms with Crippen LogP contribution in [0.1, 0.15) is 5.56 Å². The van der Waals surface area contributed by atoms with Gasteiger partial charge in [0.15, 0.2) is 0 Å². The number of halogens is 5. The van der Waals surface area contributed by atoms with Crippen LogP contribution in [-0.2, 0) is 16.2 Å². The lowest BCUT2D eigenvalue weighted by Gasteiger charge is -2.10. The second-order valence-electron chi connectivity index (χ2n) is 5.53. The number of anilines is 1. The van der Waals surface area contributed by atoms with Gasteiger partial charge < -0.3 is 4.98 Å². The van der Waals surface area contributed by atoms with Crippen LogP contribution in [0.3, 0.4) is 0 Å². The van der Waals surface area contributed by atoms with Crippen LogP contribution in [0.4, 0.5) is 27.6 Å². The van der Waals surface area contributed by atoms with Crippen molar-refractivity contribution in [2.24, 2.45) is 0 Å². The van der Waals surface area contributed by atoms with Crippen LogP contribution in [0.5, 0.6) is 0 Å². The largest absolute Gasteiger partial charge is 0.416 e. The molecule has 0 fully saturated rings. The fourth-order valence-corrected chi connectivity index (χ4v) is 3.40. The number of sulfonamides is 1. The van der Waals surface area contributed by atoms with Crippen molar-refractivity contribution >= 4 is 15.7 Å². The van der Waals surface area contributed by atoms with Crippen LogP contribution in [0.2, 0.25) is 0 Å². The second-order valence-corrected chi connectivity index (χ2v) is 7.21. The van der Waals surface area contributed by atoms with Crippen molar-refractivity contribution < 1.29 is 30.4 Å². The number of aromatic amines is 1. The summed E-state index contributed by atoms with van der Waals surface area (Å²) < 4.78 is 91.9. The molecule has 2 aromatic carbocycles. The predicted molar refractivity (Wildman–Crippen MR) is 88.4 cm³/mol. The average molecular weight is 402 g/mol. The van der Waals surface area contributed by atoms with Gasteiger partial charge in [-0.3, -0.25) is 4.72 Å². The van der Waals surface area contributed by atoms with Crippen molar-refractivity contribution in [3.63, 3.8) is 0 Å². The van der Waals surface area contributed by atoms with E-state index < -0.39 is 39.1 Å². The van der Waals surface area contributed by atoms with E-state index in [0.717, 1.165) is 12.3 Å². The maximum absolute atomic E-state index is 13.9. The number of hydrogen-bond donors (Lipinski definition) is 2. The predicted octanol–water partition coefficient (Wildman–Crippen LogP) is 4.78. The topological polar surface area (TPSA) is 62.0 Å². The Morgan fingerprint density at radius 1 is 0.926 bits per heavy atom. The van der Waals surface area contributed by atoms with Gasteiger partial charge in [-0.15, -0.1) is 0 Å². The van der Waals surface area contributed by atoms with Crippen molar-refractivity contribution in [3.05, 3.63) is 71.9 Å². The quantitative estimate of drug-likeness (QED) is 0.617. The van der Waals surface area contributed by atoms with Crippen molar-refractivity contribution in [1.29, 1.82) is 0 Å². The molecule has 27 heavy (non-hydrogen) atoms. The number of aromatic nitrogens is 1. The zero-order chi connectivity index (χ0) is 19.8. The number of alkyl halides is 3. The summed E-state index contributed by atoms with van der Waals surface area (Å²) in [4.78, 5) is 2.26. The summed E-state index contributed by atoms with van der Waals surface area (Å²) in [6, 6.07) is 8.21. The van der Waals surface area contributed by atoms with Crippen molar-refractivity contribution in [2.45, 2.75) is 11.1 Å². The maximum atomic E-state index is 13.9. The average Bonchev–Trinajstić information content (AvgIpc) is 3.07. The number of H-pyrrole nitrogens is 1. The highest BCUT2D eigenvalue weighted by atomic mass is 32.2. The molecule has 0 atom stereocenters. The van der Waals surface area contributed by atoms with E-state index in [4.69, 9.17) is 0 Å². The lowest BCUT2D eigenvalue weighted by Crippen LogP contribution is -2.14. The lowest BCUT2D eigenvalue weighted by molar-refractivity contribution is -0.137. The number of nitrogens with one attached hydrogen (secondary N) is 2. The minimum absolute atomic E-state index is 0.125. The molecule has 0 radical (unpaired) electrons. The monoisotopic (exact) mass is 402 g/mol. The van der Waals surface area contributed by atoms with Gasteiger partial charge in [0, 0.05) is 17.5 Å². The SMILES string of the molecule is O=S(=O)(Nc1ccc(C(F)(F)F)cc1F)c1c[nH]c(-c2ccccc2F)c1. The number of benzene rings is 2. The molecule has 1 heterocycles. The fourth-order valence-electron chi connectivity index (χ4n) is 2.34. The van der Waals surface area contributed by atoms with Crippen LogP contribution >= 0.6 is 0 Å². The van der Waals surface area contributed by atoms with Gasteiger partial charge in [-0.05, 0) is 36.4 Å². The van der Waals surface area contributed by atoms with Gasteiger partial charge >= 0.3 is 6.18 Å². The number of hydrogen-bond acceptors (Lipinski definition) is 2. The molecule has 3 rings (SSSR count). The standard InChI is InChI=1S/C17H11F5N2O2S/c18-13-4-2-1-3-12(13)16-8-11(9-23-16)27(25,26)24-15-6-5-10(7-14(15)19)17(20,21)22/h1-9,23-24H. The Bertz CT molecular complexity index is 1090. The highest BCUT2D eigenvalue weighted by Crippen LogP contribution is 2.32. The van der Waals surface area contributed by atoms with E-state index in [1.807, 2.05) is 4.72 Å². The lowest BCUT2D eigenvalue weighted by atomic mass is 10.1. The maximum Gasteiger partial charge on any atom is 0.416 e. The Morgan fingerprint density at radius 3 is 2.26 bits per heavy atom. The molecule has 2 N–H and O–H groups in total. The van der Waals surface area contributed by atoms with Gasteiger partial charge in [-0.2, -0.15) is 13.2 Å². The van der Waals surface area contributed by atoms with Crippen LogP contribution in [-0.4, -0.2) is 13.4 Å². The molecule has 0 spiro atoms. The third-order valence-corrected chi connectivity index (χ3v) is 5.02. The summed E-state index contributed by atoms with van der Waals surface area (Å²) in [5.41, 5.74) is -1.59. The first-order valence-corrected chi connectivity index (χ1v) is 8.89. The first kappa shape index (κ1) is 18.9. The summed E-state index contributed by atoms with van der Waals surface area (Å²) in [6.45, 7) is 0. The van der Waals surface area contributed by atoms with Crippen molar-refractivity contribution in [3.8, 4) is 11.3 Å². The Labute approximate surface area is 150 Å². The molecule has 0 bridgehead atoms. The van der Waals surface area contributed by atoms with E-state index in [-0.39, 0.29) is 22.2 Å². The van der Waals surface area contributed by atoms with Crippen molar-refractivity contribution in [1.82, 2.24) is 4.98 Å². The summed E-state index contributed by atoms with van der Waals surface area (Å²) in [5.74, 6) is -1.96. The van der Waals surface area contributed by atoms with Gasteiger partial charge in [0.1, 0.15) is 16.5 Å². The van der Waals surface area contributed by atoms with Gasteiger partial charge in [0.05, 0.1) is 11.3 Å². The van der Waals surface area contributed by atoms with Gasteiger partial charge in [-0.1, -0.05) is 12.1 Å². The summed E-state index contributed by atoms with van der Waals surface area (Å²) in [7, 11) is -4.31. The van der Waals surface area contributed by atoms with E-state index >= 15 is 0 Å². The van der Waals surface area contributed by atoms with E-state index in [1.165, 1.54) is 18.2 Å². The molecular formula is C17H11F5N2O2S. The van der Waals surface area contributed by atoms with Gasteiger partial charge in [0.2, 0.25) is 0 Å². The molecule has 0 aliphatic heterocycles. The Hall–Kier alpha value is -2.88. The fraction of sp³-hybridized carbons (Fsp3) is 0.0588. The highest BCUT2D eigenvalue weighted by molar-refractivity contribution is 7.92. The number of rotatable bonds is 4. The minimum atomic E-state index is -4.76. The molecule has 3 aromatic rings. The van der Waals surface area contributed by atoms with Gasteiger partial charge in [-0.25, -0.2) is 17.2 Å². The molecular weight excluding hydrogens is 391 g/mol. The molecule has 0 aliphatic rings. The minimum Gasteiger partial charge on any atom is -0.360 e. The molecule has 4 nitrogen and oxygen atoms in total. The summed E-state index contributed by atoms with van der Waals surface area (Å²) >= 11 is 0. The zero-order valence-corrected chi connectivity index (χ0v) is 14.1. The molecule has 1 aromatic heterocycles. The zero-order valence-electron chi connectivity index (χ0n) is 13.3. The molecule has 0 amide bonds. The molecule has 0 unspecified atom stereocenters. The Balaban J connectivity index is 1.89. The molecule has 0 saturated heterocycles. The van der Waals surface area contributed by atoms with E-state index in [0.29, 0.717) is 12.1 Å². The second kappa shape index (κ2) is 6.69. The highest BCUT2D eigenvalue weighted by Gasteiger charge is 2.31. The molecule has 0 saturated carbocycles. The van der Waals surface area contributed by atoms with Crippen molar-refractivity contribution in [2.75, 3.05) is 4.72 Å².